The van der Waals surface area contributed by atoms with Gasteiger partial charge in [-0.15, -0.1) is 0 Å². The Balaban J connectivity index is 1.33. The summed E-state index contributed by atoms with van der Waals surface area (Å²) in [6.07, 6.45) is 1.17. The van der Waals surface area contributed by atoms with E-state index in [4.69, 9.17) is 21.3 Å². The van der Waals surface area contributed by atoms with E-state index in [0.29, 0.717) is 25.3 Å². The average molecular weight is 478 g/mol. The smallest absolute Gasteiger partial charge is 0.227 e. The number of aromatic nitrogens is 2. The van der Waals surface area contributed by atoms with Gasteiger partial charge in [-0.3, -0.25) is 4.79 Å². The Labute approximate surface area is 202 Å². The standard InChI is InChI=1S/C27H25ClFN3O2/c1-18-15-22(11-12-23(18)28)34-14-4-13-31-25-6-3-2-5-24(25)30-27(31)19-16-26(33)32(17-19)21-9-7-20(29)8-10-21/h2-3,5-12,15,19H,4,13-14,16-17H2,1H3/t19-/m1/s1. The number of anilines is 1. The number of para-hydroxylation sites is 2. The first-order valence-electron chi connectivity index (χ1n) is 11.4. The highest BCUT2D eigenvalue weighted by Crippen LogP contribution is 2.33. The first-order valence-corrected chi connectivity index (χ1v) is 11.8. The third-order valence-electron chi connectivity index (χ3n) is 6.24. The van der Waals surface area contributed by atoms with Crippen molar-refractivity contribution in [3.05, 3.63) is 89.0 Å². The quantitative estimate of drug-likeness (QED) is 0.301. The second kappa shape index (κ2) is 9.47. The molecule has 0 bridgehead atoms. The normalized spacial score (nSPS) is 15.9. The third-order valence-corrected chi connectivity index (χ3v) is 6.66. The van der Waals surface area contributed by atoms with Gasteiger partial charge in [-0.05, 0) is 73.5 Å². The fraction of sp³-hybridized carbons (Fsp3) is 0.259. The van der Waals surface area contributed by atoms with Crippen molar-refractivity contribution in [2.75, 3.05) is 18.1 Å². The van der Waals surface area contributed by atoms with Crippen molar-refractivity contribution in [3.8, 4) is 5.75 Å². The lowest BCUT2D eigenvalue weighted by molar-refractivity contribution is -0.117. The van der Waals surface area contributed by atoms with Crippen LogP contribution < -0.4 is 9.64 Å². The largest absolute Gasteiger partial charge is 0.494 e. The van der Waals surface area contributed by atoms with E-state index in [2.05, 4.69) is 10.6 Å². The number of nitrogens with zero attached hydrogens (tertiary/aromatic N) is 3. The molecule has 1 aromatic heterocycles. The van der Waals surface area contributed by atoms with Gasteiger partial charge in [0, 0.05) is 36.1 Å². The Hall–Kier alpha value is -3.38. The van der Waals surface area contributed by atoms with Crippen molar-refractivity contribution in [1.29, 1.82) is 0 Å². The number of fused-ring (bicyclic) bond motifs is 1. The lowest BCUT2D eigenvalue weighted by Gasteiger charge is -2.17. The summed E-state index contributed by atoms with van der Waals surface area (Å²) < 4.78 is 21.5. The van der Waals surface area contributed by atoms with Crippen LogP contribution in [0.3, 0.4) is 0 Å². The predicted molar refractivity (Wildman–Crippen MR) is 132 cm³/mol. The first kappa shape index (κ1) is 22.4. The van der Waals surface area contributed by atoms with Crippen molar-refractivity contribution >= 4 is 34.2 Å². The number of amides is 1. The van der Waals surface area contributed by atoms with Gasteiger partial charge in [0.2, 0.25) is 5.91 Å². The fourth-order valence-electron chi connectivity index (χ4n) is 4.51. The highest BCUT2D eigenvalue weighted by atomic mass is 35.5. The maximum Gasteiger partial charge on any atom is 0.227 e. The summed E-state index contributed by atoms with van der Waals surface area (Å²) in [5.41, 5.74) is 3.66. The van der Waals surface area contributed by atoms with Crippen molar-refractivity contribution < 1.29 is 13.9 Å². The number of carbonyl (C=O) groups excluding carboxylic acids is 1. The van der Waals surface area contributed by atoms with Crippen LogP contribution in [-0.4, -0.2) is 28.6 Å². The molecule has 1 atom stereocenters. The lowest BCUT2D eigenvalue weighted by atomic mass is 10.1. The molecule has 0 N–H and O–H groups in total. The molecule has 0 saturated carbocycles. The average Bonchev–Trinajstić information content (AvgIpc) is 3.40. The third kappa shape index (κ3) is 4.50. The number of carbonyl (C=O) groups is 1. The Morgan fingerprint density at radius 3 is 2.71 bits per heavy atom. The molecule has 1 amide bonds. The molecule has 0 spiro atoms. The molecule has 1 saturated heterocycles. The van der Waals surface area contributed by atoms with E-state index in [1.807, 2.05) is 43.3 Å². The van der Waals surface area contributed by atoms with E-state index in [0.717, 1.165) is 46.2 Å². The molecule has 5 rings (SSSR count). The molecule has 1 aliphatic heterocycles. The SMILES string of the molecule is Cc1cc(OCCCn2c([C@@H]3CC(=O)N(c4ccc(F)cc4)C3)nc3ccccc32)ccc1Cl. The molecular formula is C27H25ClFN3O2. The van der Waals surface area contributed by atoms with Crippen LogP contribution in [0.15, 0.2) is 66.7 Å². The number of hydrogen-bond donors (Lipinski definition) is 0. The number of halogens is 2. The minimum absolute atomic E-state index is 0.0247. The van der Waals surface area contributed by atoms with Crippen molar-refractivity contribution in [2.45, 2.75) is 32.2 Å². The minimum atomic E-state index is -0.315. The Kier molecular flexibility index (Phi) is 6.24. The van der Waals surface area contributed by atoms with Gasteiger partial charge in [-0.2, -0.15) is 0 Å². The summed E-state index contributed by atoms with van der Waals surface area (Å²) >= 11 is 6.10. The monoisotopic (exact) mass is 477 g/mol. The van der Waals surface area contributed by atoms with Crippen LogP contribution in [0.25, 0.3) is 11.0 Å². The summed E-state index contributed by atoms with van der Waals surface area (Å²) in [6.45, 7) is 3.76. The molecule has 0 radical (unpaired) electrons. The van der Waals surface area contributed by atoms with Crippen molar-refractivity contribution in [3.63, 3.8) is 0 Å². The van der Waals surface area contributed by atoms with E-state index < -0.39 is 0 Å². The number of imidazole rings is 1. The zero-order chi connectivity index (χ0) is 23.7. The molecule has 1 aliphatic rings. The molecule has 1 fully saturated rings. The Bertz CT molecular complexity index is 1340. The van der Waals surface area contributed by atoms with Gasteiger partial charge >= 0.3 is 0 Å². The summed E-state index contributed by atoms with van der Waals surface area (Å²) in [5.74, 6) is 1.38. The maximum atomic E-state index is 13.3. The Morgan fingerprint density at radius 1 is 1.12 bits per heavy atom. The molecule has 34 heavy (non-hydrogen) atoms. The van der Waals surface area contributed by atoms with E-state index in [1.165, 1.54) is 12.1 Å². The fourth-order valence-corrected chi connectivity index (χ4v) is 4.63. The molecule has 4 aromatic rings. The molecule has 0 aliphatic carbocycles. The van der Waals surface area contributed by atoms with Crippen molar-refractivity contribution in [1.82, 2.24) is 9.55 Å². The number of aryl methyl sites for hydroxylation is 2. The van der Waals surface area contributed by atoms with Crippen LogP contribution in [-0.2, 0) is 11.3 Å². The van der Waals surface area contributed by atoms with Gasteiger partial charge in [-0.25, -0.2) is 9.37 Å². The van der Waals surface area contributed by atoms with Gasteiger partial charge in [0.15, 0.2) is 0 Å². The summed E-state index contributed by atoms with van der Waals surface area (Å²) in [7, 11) is 0. The molecule has 0 unspecified atom stereocenters. The molecule has 7 heteroatoms. The van der Waals surface area contributed by atoms with Gasteiger partial charge in [0.25, 0.3) is 0 Å². The minimum Gasteiger partial charge on any atom is -0.494 e. The van der Waals surface area contributed by atoms with Gasteiger partial charge in [0.1, 0.15) is 17.4 Å². The topological polar surface area (TPSA) is 47.4 Å². The lowest BCUT2D eigenvalue weighted by Crippen LogP contribution is -2.24. The zero-order valence-electron chi connectivity index (χ0n) is 18.9. The van der Waals surface area contributed by atoms with Crippen LogP contribution in [0.1, 0.15) is 30.1 Å². The van der Waals surface area contributed by atoms with E-state index in [1.54, 1.807) is 17.0 Å². The molecule has 174 valence electrons. The van der Waals surface area contributed by atoms with Crippen LogP contribution in [0.5, 0.6) is 5.75 Å². The van der Waals surface area contributed by atoms with Crippen LogP contribution in [0.2, 0.25) is 5.02 Å². The maximum absolute atomic E-state index is 13.3. The summed E-state index contributed by atoms with van der Waals surface area (Å²) in [6, 6.07) is 19.7. The van der Waals surface area contributed by atoms with Gasteiger partial charge in [0.05, 0.1) is 17.6 Å². The second-order valence-corrected chi connectivity index (χ2v) is 9.01. The van der Waals surface area contributed by atoms with E-state index in [9.17, 15) is 9.18 Å². The van der Waals surface area contributed by atoms with Crippen LogP contribution in [0.4, 0.5) is 10.1 Å². The predicted octanol–water partition coefficient (Wildman–Crippen LogP) is 6.13. The first-order chi connectivity index (χ1) is 16.5. The molecule has 2 heterocycles. The van der Waals surface area contributed by atoms with Crippen LogP contribution >= 0.6 is 11.6 Å². The molecular weight excluding hydrogens is 453 g/mol. The zero-order valence-corrected chi connectivity index (χ0v) is 19.6. The van der Waals surface area contributed by atoms with Crippen molar-refractivity contribution in [2.24, 2.45) is 0 Å². The van der Waals surface area contributed by atoms with E-state index >= 15 is 0 Å². The number of hydrogen-bond acceptors (Lipinski definition) is 3. The number of rotatable bonds is 7. The number of benzene rings is 3. The second-order valence-electron chi connectivity index (χ2n) is 8.61. The molecule has 3 aromatic carbocycles. The Morgan fingerprint density at radius 2 is 1.91 bits per heavy atom. The van der Waals surface area contributed by atoms with E-state index in [-0.39, 0.29) is 17.6 Å². The highest BCUT2D eigenvalue weighted by Gasteiger charge is 2.34. The number of ether oxygens (including phenoxy) is 1. The summed E-state index contributed by atoms with van der Waals surface area (Å²) in [4.78, 5) is 19.4. The van der Waals surface area contributed by atoms with Gasteiger partial charge < -0.3 is 14.2 Å². The van der Waals surface area contributed by atoms with Gasteiger partial charge in [-0.1, -0.05) is 23.7 Å². The highest BCUT2D eigenvalue weighted by molar-refractivity contribution is 6.31. The summed E-state index contributed by atoms with van der Waals surface area (Å²) in [5, 5.41) is 0.725. The molecule has 5 nitrogen and oxygen atoms in total. The van der Waals surface area contributed by atoms with Crippen LogP contribution in [0, 0.1) is 12.7 Å².